The predicted octanol–water partition coefficient (Wildman–Crippen LogP) is 11.9. The van der Waals surface area contributed by atoms with E-state index in [4.69, 9.17) is 4.42 Å². The van der Waals surface area contributed by atoms with E-state index in [1.165, 1.54) is 27.4 Å². The van der Waals surface area contributed by atoms with Crippen LogP contribution in [-0.4, -0.2) is 18.0 Å². The summed E-state index contributed by atoms with van der Waals surface area (Å²) in [5, 5.41) is 3.71. The van der Waals surface area contributed by atoms with Crippen molar-refractivity contribution in [2.45, 2.75) is 66.6 Å². The molecule has 0 fully saturated rings. The zero-order valence-electron chi connectivity index (χ0n) is 30.4. The maximum Gasteiger partial charge on any atom is 0.121 e. The zero-order valence-corrected chi connectivity index (χ0v) is 33.8. The topological polar surface area (TPSA) is 38.9 Å². The second kappa shape index (κ2) is 15.4. The molecule has 0 atom stereocenters. The van der Waals surface area contributed by atoms with Gasteiger partial charge in [-0.2, -0.15) is 0 Å². The number of benzene rings is 4. The molecule has 0 unspecified atom stereocenters. The van der Waals surface area contributed by atoms with Gasteiger partial charge in [-0.15, -0.1) is 54.1 Å². The number of hydrogen-bond donors (Lipinski definition) is 0. The zero-order chi connectivity index (χ0) is 34.8. The Hall–Kier alpha value is -4.15. The Morgan fingerprint density at radius 1 is 0.780 bits per heavy atom. The molecule has 257 valence electrons. The van der Waals surface area contributed by atoms with Gasteiger partial charge in [0.2, 0.25) is 0 Å². The quantitative estimate of drug-likeness (QED) is 0.124. The minimum absolute atomic E-state index is 0. The standard InChI is InChI=1S/C28H24NO.C17H22NSi.Ir/c1-28(2,3)18-19-15-16-29-24(17-19)22-12-7-13-23-26-21(20-9-5-4-6-10-20)11-8-14-25(26)30-27(22)23;1-13(2)15-11-16(14-9-7-6-8-10-14)18-12-17(15)19(3,4)5;/h4-11,13-17H,18H2,1-3H3;6-9,11-13H,1-5H3;/q2*-1;. The number of hydrogen-bond acceptors (Lipinski definition) is 3. The first-order valence-electron chi connectivity index (χ1n) is 17.2. The molecule has 0 aliphatic carbocycles. The Morgan fingerprint density at radius 2 is 1.54 bits per heavy atom. The van der Waals surface area contributed by atoms with Crippen molar-refractivity contribution in [2.75, 3.05) is 0 Å². The van der Waals surface area contributed by atoms with Crippen molar-refractivity contribution in [3.05, 3.63) is 139 Å². The molecule has 5 heteroatoms. The number of pyridine rings is 2. The normalized spacial score (nSPS) is 11.7. The summed E-state index contributed by atoms with van der Waals surface area (Å²) in [6.07, 6.45) is 4.98. The average Bonchev–Trinajstić information content (AvgIpc) is 3.47. The second-order valence-electron chi connectivity index (χ2n) is 15.4. The van der Waals surface area contributed by atoms with Crippen LogP contribution >= 0.6 is 0 Å². The van der Waals surface area contributed by atoms with Crippen LogP contribution in [0, 0.1) is 17.5 Å². The summed E-state index contributed by atoms with van der Waals surface area (Å²) >= 11 is 0. The van der Waals surface area contributed by atoms with Crippen LogP contribution in [0.4, 0.5) is 0 Å². The third-order valence-corrected chi connectivity index (χ3v) is 10.7. The van der Waals surface area contributed by atoms with E-state index in [9.17, 15) is 0 Å². The smallest absolute Gasteiger partial charge is 0.121 e. The molecule has 0 saturated carbocycles. The van der Waals surface area contributed by atoms with Crippen molar-refractivity contribution in [3.8, 4) is 33.6 Å². The van der Waals surface area contributed by atoms with Gasteiger partial charge in [0.15, 0.2) is 0 Å². The van der Waals surface area contributed by atoms with Crippen LogP contribution in [0.3, 0.4) is 0 Å². The van der Waals surface area contributed by atoms with Crippen molar-refractivity contribution in [1.82, 2.24) is 9.97 Å². The molecule has 0 amide bonds. The van der Waals surface area contributed by atoms with Gasteiger partial charge in [0, 0.05) is 37.9 Å². The van der Waals surface area contributed by atoms with Gasteiger partial charge in [0.25, 0.3) is 0 Å². The van der Waals surface area contributed by atoms with Gasteiger partial charge < -0.3 is 14.4 Å². The number of rotatable bonds is 6. The molecule has 3 nitrogen and oxygen atoms in total. The molecule has 0 saturated heterocycles. The van der Waals surface area contributed by atoms with Crippen LogP contribution in [0.15, 0.2) is 120 Å². The van der Waals surface area contributed by atoms with E-state index >= 15 is 0 Å². The number of nitrogens with zero attached hydrogens (tertiary/aromatic N) is 2. The fourth-order valence-electron chi connectivity index (χ4n) is 6.45. The number of aromatic nitrogens is 2. The summed E-state index contributed by atoms with van der Waals surface area (Å²) < 4.78 is 6.37. The Morgan fingerprint density at radius 3 is 2.22 bits per heavy atom. The van der Waals surface area contributed by atoms with E-state index in [0.29, 0.717) is 5.92 Å². The first-order valence-corrected chi connectivity index (χ1v) is 20.7. The van der Waals surface area contributed by atoms with E-state index in [0.717, 1.165) is 50.9 Å². The van der Waals surface area contributed by atoms with Crippen LogP contribution in [0.5, 0.6) is 0 Å². The van der Waals surface area contributed by atoms with Crippen molar-refractivity contribution < 1.29 is 24.5 Å². The van der Waals surface area contributed by atoms with E-state index in [1.54, 1.807) is 0 Å². The van der Waals surface area contributed by atoms with Gasteiger partial charge in [-0.05, 0) is 57.6 Å². The Labute approximate surface area is 312 Å². The molecule has 0 spiro atoms. The SMILES string of the molecule is CC(C)(C)Cc1ccnc(-c2[c-]ccc3c2oc2cccc(-c4ccccc4)c23)c1.CC(C)c1cc(-c2[c-]cccc2)ncc1[Si](C)(C)C.[Ir]. The van der Waals surface area contributed by atoms with Crippen molar-refractivity contribution in [1.29, 1.82) is 0 Å². The van der Waals surface area contributed by atoms with E-state index in [1.807, 2.05) is 42.6 Å². The summed E-state index contributed by atoms with van der Waals surface area (Å²) in [6.45, 7) is 18.4. The maximum absolute atomic E-state index is 6.37. The van der Waals surface area contributed by atoms with E-state index in [-0.39, 0.29) is 25.5 Å². The molecule has 0 aliphatic rings. The van der Waals surface area contributed by atoms with Crippen molar-refractivity contribution >= 4 is 35.2 Å². The van der Waals surface area contributed by atoms with Gasteiger partial charge >= 0.3 is 0 Å². The number of furan rings is 1. The minimum atomic E-state index is -1.34. The monoisotopic (exact) mass is 851 g/mol. The Balaban J connectivity index is 0.000000211. The van der Waals surface area contributed by atoms with Crippen LogP contribution in [0.25, 0.3) is 55.6 Å². The fourth-order valence-corrected chi connectivity index (χ4v) is 8.13. The van der Waals surface area contributed by atoms with Gasteiger partial charge in [0.1, 0.15) is 5.58 Å². The first-order chi connectivity index (χ1) is 23.4. The number of fused-ring (bicyclic) bond motifs is 3. The summed E-state index contributed by atoms with van der Waals surface area (Å²) in [4.78, 5) is 9.31. The molecule has 50 heavy (non-hydrogen) atoms. The molecule has 7 aromatic rings. The Kier molecular flexibility index (Phi) is 11.4. The maximum atomic E-state index is 6.37. The van der Waals surface area contributed by atoms with Crippen molar-refractivity contribution in [3.63, 3.8) is 0 Å². The molecule has 4 aromatic carbocycles. The molecule has 7 rings (SSSR count). The van der Waals surface area contributed by atoms with Gasteiger partial charge in [-0.25, -0.2) is 0 Å². The van der Waals surface area contributed by atoms with Crippen molar-refractivity contribution in [2.24, 2.45) is 5.41 Å². The second-order valence-corrected chi connectivity index (χ2v) is 20.4. The predicted molar refractivity (Wildman–Crippen MR) is 210 cm³/mol. The summed E-state index contributed by atoms with van der Waals surface area (Å²) in [5.41, 5.74) is 11.0. The van der Waals surface area contributed by atoms with E-state index in [2.05, 4.69) is 149 Å². The fraction of sp³-hybridized carbons (Fsp3) is 0.244. The van der Waals surface area contributed by atoms with Gasteiger partial charge in [0.05, 0.1) is 13.7 Å². The average molecular weight is 851 g/mol. The molecular weight excluding hydrogens is 805 g/mol. The molecule has 1 radical (unpaired) electrons. The summed E-state index contributed by atoms with van der Waals surface area (Å²) in [6, 6.07) is 42.0. The van der Waals surface area contributed by atoms with Crippen LogP contribution in [0.1, 0.15) is 51.7 Å². The third-order valence-electron chi connectivity index (χ3n) is 8.71. The van der Waals surface area contributed by atoms with Crippen LogP contribution in [-0.2, 0) is 26.5 Å². The largest absolute Gasteiger partial charge is 0.501 e. The van der Waals surface area contributed by atoms with Gasteiger partial charge in [-0.1, -0.05) is 131 Å². The third kappa shape index (κ3) is 8.41. The molecule has 0 bridgehead atoms. The first kappa shape index (κ1) is 37.1. The molecule has 3 heterocycles. The Bertz CT molecular complexity index is 2190. The van der Waals surface area contributed by atoms with Gasteiger partial charge in [-0.3, -0.25) is 0 Å². The molecule has 0 N–H and O–H groups in total. The van der Waals surface area contributed by atoms with Crippen LogP contribution < -0.4 is 5.19 Å². The van der Waals surface area contributed by atoms with E-state index < -0.39 is 8.07 Å². The molecule has 0 aliphatic heterocycles. The minimum Gasteiger partial charge on any atom is -0.501 e. The summed E-state index contributed by atoms with van der Waals surface area (Å²) in [7, 11) is -1.34. The van der Waals surface area contributed by atoms with Crippen LogP contribution in [0.2, 0.25) is 19.6 Å². The molecular formula is C45H46IrN2OSi-2. The molecule has 3 aromatic heterocycles. The summed E-state index contributed by atoms with van der Waals surface area (Å²) in [5.74, 6) is 0.534.